The van der Waals surface area contributed by atoms with Crippen LogP contribution in [-0.4, -0.2) is 50.0 Å². The van der Waals surface area contributed by atoms with Crippen LogP contribution in [0.25, 0.3) is 11.0 Å². The summed E-state index contributed by atoms with van der Waals surface area (Å²) in [7, 11) is -6.00. The quantitative estimate of drug-likeness (QED) is 0.348. The first-order valence-corrected chi connectivity index (χ1v) is 16.2. The summed E-state index contributed by atoms with van der Waals surface area (Å²) < 4.78 is 50.4. The van der Waals surface area contributed by atoms with Crippen LogP contribution in [0.3, 0.4) is 0 Å². The SMILES string of the molecule is CC(C)(C)[Si](C)(C)OCC[C@@H](Cn1cc(CC(=O)O)c2cccnc21)NS(=O)(=O)c1ccc(F)cc1. The molecule has 2 aromatic heterocycles. The number of hydrogen-bond donors (Lipinski definition) is 2. The molecule has 8 nitrogen and oxygen atoms in total. The third kappa shape index (κ3) is 6.78. The van der Waals surface area contributed by atoms with E-state index in [2.05, 4.69) is 43.6 Å². The van der Waals surface area contributed by atoms with Gasteiger partial charge in [0.05, 0.1) is 11.3 Å². The highest BCUT2D eigenvalue weighted by atomic mass is 32.2. The first kappa shape index (κ1) is 28.0. The van der Waals surface area contributed by atoms with Crippen molar-refractivity contribution in [2.45, 2.75) is 69.2 Å². The normalized spacial score (nSPS) is 13.7. The van der Waals surface area contributed by atoms with E-state index in [1.165, 1.54) is 12.1 Å². The number of rotatable bonds is 11. The molecular weight excluding hydrogens is 501 g/mol. The second-order valence-electron chi connectivity index (χ2n) is 10.4. The second-order valence-corrected chi connectivity index (χ2v) is 16.9. The van der Waals surface area contributed by atoms with Gasteiger partial charge < -0.3 is 14.1 Å². The van der Waals surface area contributed by atoms with Crippen LogP contribution in [-0.2, 0) is 32.2 Å². The van der Waals surface area contributed by atoms with Gasteiger partial charge in [0, 0.05) is 37.0 Å². The molecule has 1 aromatic carbocycles. The number of halogens is 1. The molecule has 0 aliphatic rings. The summed E-state index contributed by atoms with van der Waals surface area (Å²) in [6, 6.07) is 7.60. The molecule has 3 aromatic rings. The molecular formula is C25H34FN3O5SSi. The molecule has 0 aliphatic carbocycles. The monoisotopic (exact) mass is 535 g/mol. The van der Waals surface area contributed by atoms with E-state index in [0.717, 1.165) is 12.1 Å². The van der Waals surface area contributed by atoms with Crippen LogP contribution >= 0.6 is 0 Å². The van der Waals surface area contributed by atoms with Crippen molar-refractivity contribution in [3.8, 4) is 0 Å². The number of sulfonamides is 1. The topological polar surface area (TPSA) is 111 Å². The number of carboxylic acids is 1. The fourth-order valence-electron chi connectivity index (χ4n) is 3.64. The van der Waals surface area contributed by atoms with E-state index in [0.29, 0.717) is 29.6 Å². The highest BCUT2D eigenvalue weighted by Crippen LogP contribution is 2.36. The maximum atomic E-state index is 13.4. The van der Waals surface area contributed by atoms with Crippen LogP contribution in [0.4, 0.5) is 4.39 Å². The number of nitrogens with zero attached hydrogens (tertiary/aromatic N) is 2. The maximum Gasteiger partial charge on any atom is 0.307 e. The lowest BCUT2D eigenvalue weighted by atomic mass is 10.2. The Morgan fingerprint density at radius 3 is 2.50 bits per heavy atom. The predicted octanol–water partition coefficient (Wildman–Crippen LogP) is 4.56. The molecule has 0 amide bonds. The lowest BCUT2D eigenvalue weighted by Gasteiger charge is -2.36. The molecule has 36 heavy (non-hydrogen) atoms. The van der Waals surface area contributed by atoms with Crippen molar-refractivity contribution >= 4 is 35.3 Å². The van der Waals surface area contributed by atoms with Crippen LogP contribution in [0, 0.1) is 5.82 Å². The first-order chi connectivity index (χ1) is 16.7. The van der Waals surface area contributed by atoms with Gasteiger partial charge in [0.1, 0.15) is 11.5 Å². The van der Waals surface area contributed by atoms with Crippen molar-refractivity contribution in [1.82, 2.24) is 14.3 Å². The molecule has 1 atom stereocenters. The molecule has 196 valence electrons. The van der Waals surface area contributed by atoms with E-state index < -0.39 is 36.2 Å². The number of aliphatic carboxylic acids is 1. The molecule has 0 fully saturated rings. The molecule has 0 spiro atoms. The van der Waals surface area contributed by atoms with Crippen LogP contribution in [0.1, 0.15) is 32.8 Å². The van der Waals surface area contributed by atoms with Gasteiger partial charge in [-0.25, -0.2) is 22.5 Å². The number of hydrogen-bond acceptors (Lipinski definition) is 5. The molecule has 2 N–H and O–H groups in total. The Kier molecular flexibility index (Phi) is 8.39. The summed E-state index contributed by atoms with van der Waals surface area (Å²) in [6.45, 7) is 11.2. The molecule has 0 aliphatic heterocycles. The smallest absolute Gasteiger partial charge is 0.307 e. The lowest BCUT2D eigenvalue weighted by molar-refractivity contribution is -0.136. The Labute approximate surface area is 212 Å². The minimum absolute atomic E-state index is 0.00238. The fraction of sp³-hybridized carbons (Fsp3) is 0.440. The van der Waals surface area contributed by atoms with Crippen molar-refractivity contribution in [3.05, 3.63) is 60.2 Å². The fourth-order valence-corrected chi connectivity index (χ4v) is 5.96. The number of nitrogens with one attached hydrogen (secondary N) is 1. The maximum absolute atomic E-state index is 13.4. The van der Waals surface area contributed by atoms with Crippen LogP contribution in [0.5, 0.6) is 0 Å². The summed E-state index contributed by atoms with van der Waals surface area (Å²) >= 11 is 0. The average molecular weight is 536 g/mol. The second kappa shape index (κ2) is 10.8. The Bertz CT molecular complexity index is 1320. The number of aromatic nitrogens is 2. The number of fused-ring (bicyclic) bond motifs is 1. The zero-order valence-electron chi connectivity index (χ0n) is 21.3. The number of carbonyl (C=O) groups is 1. The third-order valence-corrected chi connectivity index (χ3v) is 12.7. The Hall–Kier alpha value is -2.60. The number of pyridine rings is 1. The first-order valence-electron chi connectivity index (χ1n) is 11.8. The Morgan fingerprint density at radius 1 is 1.22 bits per heavy atom. The van der Waals surface area contributed by atoms with Gasteiger partial charge in [-0.2, -0.15) is 0 Å². The van der Waals surface area contributed by atoms with Gasteiger partial charge in [-0.05, 0) is 66.5 Å². The summed E-state index contributed by atoms with van der Waals surface area (Å²) in [4.78, 5) is 15.7. The third-order valence-electron chi connectivity index (χ3n) is 6.66. The van der Waals surface area contributed by atoms with Crippen molar-refractivity contribution in [1.29, 1.82) is 0 Å². The summed E-state index contributed by atoms with van der Waals surface area (Å²) in [5.74, 6) is -1.49. The molecule has 0 unspecified atom stereocenters. The minimum atomic E-state index is -3.94. The van der Waals surface area contributed by atoms with Gasteiger partial charge >= 0.3 is 5.97 Å². The van der Waals surface area contributed by atoms with Gasteiger partial charge in [-0.15, -0.1) is 0 Å². The van der Waals surface area contributed by atoms with E-state index in [1.54, 1.807) is 29.1 Å². The predicted molar refractivity (Wildman–Crippen MR) is 139 cm³/mol. The van der Waals surface area contributed by atoms with E-state index in [1.807, 2.05) is 0 Å². The van der Waals surface area contributed by atoms with Crippen LogP contribution in [0.15, 0.2) is 53.7 Å². The molecule has 0 saturated heterocycles. The van der Waals surface area contributed by atoms with Crippen molar-refractivity contribution < 1.29 is 27.1 Å². The van der Waals surface area contributed by atoms with E-state index in [-0.39, 0.29) is 22.9 Å². The molecule has 11 heteroatoms. The summed E-state index contributed by atoms with van der Waals surface area (Å²) in [6.07, 6.45) is 3.53. The van der Waals surface area contributed by atoms with E-state index >= 15 is 0 Å². The van der Waals surface area contributed by atoms with Crippen molar-refractivity contribution in [3.63, 3.8) is 0 Å². The zero-order valence-corrected chi connectivity index (χ0v) is 23.1. The van der Waals surface area contributed by atoms with Gasteiger partial charge in [0.15, 0.2) is 8.32 Å². The molecule has 0 radical (unpaired) electrons. The molecule has 0 bridgehead atoms. The Balaban J connectivity index is 1.90. The van der Waals surface area contributed by atoms with Crippen LogP contribution < -0.4 is 4.72 Å². The summed E-state index contributed by atoms with van der Waals surface area (Å²) in [5, 5.41) is 10.0. The van der Waals surface area contributed by atoms with Gasteiger partial charge in [0.2, 0.25) is 10.0 Å². The van der Waals surface area contributed by atoms with E-state index in [9.17, 15) is 22.7 Å². The van der Waals surface area contributed by atoms with Gasteiger partial charge in [0.25, 0.3) is 0 Å². The zero-order chi connectivity index (χ0) is 26.7. The summed E-state index contributed by atoms with van der Waals surface area (Å²) in [5.41, 5.74) is 1.17. The van der Waals surface area contributed by atoms with Crippen LogP contribution in [0.2, 0.25) is 18.1 Å². The highest BCUT2D eigenvalue weighted by Gasteiger charge is 2.37. The Morgan fingerprint density at radius 2 is 1.89 bits per heavy atom. The van der Waals surface area contributed by atoms with Gasteiger partial charge in [-0.3, -0.25) is 4.79 Å². The molecule has 2 heterocycles. The largest absolute Gasteiger partial charge is 0.481 e. The standard InChI is InChI=1S/C25H34FN3O5SSi/c1-25(2,3)36(4,5)34-14-12-20(28-35(32,33)21-10-8-19(26)9-11-21)17-29-16-18(15-23(30)31)22-7-6-13-27-24(22)29/h6-11,13,16,20,28H,12,14-15,17H2,1-5H3,(H,30,31)/t20-/m0/s1. The number of benzene rings is 1. The number of carboxylic acid groups (broad SMARTS) is 1. The minimum Gasteiger partial charge on any atom is -0.481 e. The average Bonchev–Trinajstić information content (AvgIpc) is 3.09. The molecule has 3 rings (SSSR count). The van der Waals surface area contributed by atoms with E-state index in [4.69, 9.17) is 4.43 Å². The van der Waals surface area contributed by atoms with Gasteiger partial charge in [-0.1, -0.05) is 20.8 Å². The van der Waals surface area contributed by atoms with Crippen molar-refractivity contribution in [2.75, 3.05) is 6.61 Å². The molecule has 0 saturated carbocycles. The van der Waals surface area contributed by atoms with Crippen molar-refractivity contribution in [2.24, 2.45) is 0 Å². The highest BCUT2D eigenvalue weighted by molar-refractivity contribution is 7.89. The lowest BCUT2D eigenvalue weighted by Crippen LogP contribution is -2.43.